The van der Waals surface area contributed by atoms with E-state index in [-0.39, 0.29) is 12.3 Å². The van der Waals surface area contributed by atoms with Crippen LogP contribution >= 0.6 is 0 Å². The molecule has 0 spiro atoms. The van der Waals surface area contributed by atoms with E-state index in [0.29, 0.717) is 6.42 Å². The van der Waals surface area contributed by atoms with E-state index in [1.807, 2.05) is 0 Å². The molecule has 0 bridgehead atoms. The Morgan fingerprint density at radius 3 is 2.48 bits per heavy atom. The minimum absolute atomic E-state index is 0.224. The lowest BCUT2D eigenvalue weighted by molar-refractivity contribution is -0.158. The SMILES string of the molecule is CC(C)(C)OC(=O)C[C@H](NC(=O)C1CCC(=O)N1)C(=O)O. The van der Waals surface area contributed by atoms with Crippen LogP contribution in [0.5, 0.6) is 0 Å². The molecule has 8 nitrogen and oxygen atoms in total. The van der Waals surface area contributed by atoms with Crippen molar-refractivity contribution < 1.29 is 29.0 Å². The molecule has 1 fully saturated rings. The van der Waals surface area contributed by atoms with Gasteiger partial charge in [-0.2, -0.15) is 0 Å². The molecule has 118 valence electrons. The summed E-state index contributed by atoms with van der Waals surface area (Å²) in [7, 11) is 0. The number of carbonyl (C=O) groups is 4. The van der Waals surface area contributed by atoms with Gasteiger partial charge in [-0.1, -0.05) is 0 Å². The van der Waals surface area contributed by atoms with Gasteiger partial charge in [-0.15, -0.1) is 0 Å². The lowest BCUT2D eigenvalue weighted by Gasteiger charge is -2.22. The molecule has 0 aromatic carbocycles. The summed E-state index contributed by atoms with van der Waals surface area (Å²) >= 11 is 0. The number of nitrogens with one attached hydrogen (secondary N) is 2. The molecule has 1 saturated heterocycles. The van der Waals surface area contributed by atoms with Crippen LogP contribution in [0.25, 0.3) is 0 Å². The highest BCUT2D eigenvalue weighted by atomic mass is 16.6. The van der Waals surface area contributed by atoms with Crippen LogP contribution < -0.4 is 10.6 Å². The van der Waals surface area contributed by atoms with E-state index >= 15 is 0 Å². The van der Waals surface area contributed by atoms with Gasteiger partial charge in [0, 0.05) is 6.42 Å². The molecule has 1 rings (SSSR count). The number of carboxylic acids is 1. The van der Waals surface area contributed by atoms with Crippen molar-refractivity contribution in [2.24, 2.45) is 0 Å². The highest BCUT2D eigenvalue weighted by Crippen LogP contribution is 2.11. The molecule has 2 atom stereocenters. The average molecular weight is 300 g/mol. The van der Waals surface area contributed by atoms with Gasteiger partial charge in [0.1, 0.15) is 17.7 Å². The van der Waals surface area contributed by atoms with E-state index in [1.54, 1.807) is 20.8 Å². The number of carboxylic acid groups (broad SMARTS) is 1. The lowest BCUT2D eigenvalue weighted by atomic mass is 10.1. The number of carbonyl (C=O) groups excluding carboxylic acids is 3. The monoisotopic (exact) mass is 300 g/mol. The van der Waals surface area contributed by atoms with Crippen LogP contribution in [-0.4, -0.2) is 46.5 Å². The van der Waals surface area contributed by atoms with Gasteiger partial charge in [-0.25, -0.2) is 4.79 Å². The Morgan fingerprint density at radius 2 is 2.05 bits per heavy atom. The number of rotatable bonds is 5. The number of ether oxygens (including phenoxy) is 1. The van der Waals surface area contributed by atoms with Gasteiger partial charge in [0.25, 0.3) is 0 Å². The van der Waals surface area contributed by atoms with Crippen molar-refractivity contribution in [2.75, 3.05) is 0 Å². The Hall–Kier alpha value is -2.12. The van der Waals surface area contributed by atoms with E-state index in [1.165, 1.54) is 0 Å². The van der Waals surface area contributed by atoms with Crippen LogP contribution in [0.15, 0.2) is 0 Å². The summed E-state index contributed by atoms with van der Waals surface area (Å²) in [6.45, 7) is 4.98. The molecular formula is C13H20N2O6. The summed E-state index contributed by atoms with van der Waals surface area (Å²) in [5.41, 5.74) is -0.733. The highest BCUT2D eigenvalue weighted by molar-refractivity contribution is 5.93. The molecule has 1 unspecified atom stereocenters. The Labute approximate surface area is 122 Å². The molecule has 3 N–H and O–H groups in total. The van der Waals surface area contributed by atoms with Gasteiger partial charge in [0.05, 0.1) is 6.42 Å². The molecular weight excluding hydrogens is 280 g/mol. The molecule has 0 aromatic heterocycles. The van der Waals surface area contributed by atoms with Crippen molar-refractivity contribution in [1.82, 2.24) is 10.6 Å². The van der Waals surface area contributed by atoms with E-state index in [2.05, 4.69) is 10.6 Å². The number of hydrogen-bond acceptors (Lipinski definition) is 5. The molecule has 0 saturated carbocycles. The molecule has 1 heterocycles. The zero-order valence-corrected chi connectivity index (χ0v) is 12.3. The summed E-state index contributed by atoms with van der Waals surface area (Å²) in [6, 6.07) is -2.14. The molecule has 1 aliphatic heterocycles. The maximum absolute atomic E-state index is 11.8. The van der Waals surface area contributed by atoms with E-state index < -0.39 is 42.0 Å². The Bertz CT molecular complexity index is 454. The van der Waals surface area contributed by atoms with Gasteiger partial charge in [0.2, 0.25) is 11.8 Å². The molecule has 2 amide bonds. The van der Waals surface area contributed by atoms with Crippen LogP contribution in [0.1, 0.15) is 40.0 Å². The first-order chi connectivity index (χ1) is 9.58. The third-order valence-corrected chi connectivity index (χ3v) is 2.72. The number of hydrogen-bond donors (Lipinski definition) is 3. The van der Waals surface area contributed by atoms with E-state index in [9.17, 15) is 19.2 Å². The second kappa shape index (κ2) is 6.55. The molecule has 8 heteroatoms. The zero-order chi connectivity index (χ0) is 16.2. The third kappa shape index (κ3) is 5.80. The minimum Gasteiger partial charge on any atom is -0.480 e. The fraction of sp³-hybridized carbons (Fsp3) is 0.692. The predicted molar refractivity (Wildman–Crippen MR) is 71.2 cm³/mol. The molecule has 0 aliphatic carbocycles. The summed E-state index contributed by atoms with van der Waals surface area (Å²) in [6.07, 6.45) is 0.0599. The number of aliphatic carboxylic acids is 1. The van der Waals surface area contributed by atoms with E-state index in [4.69, 9.17) is 9.84 Å². The van der Waals surface area contributed by atoms with Gasteiger partial charge in [-0.05, 0) is 27.2 Å². The average Bonchev–Trinajstić information content (AvgIpc) is 2.72. The van der Waals surface area contributed by atoms with Gasteiger partial charge >= 0.3 is 11.9 Å². The standard InChI is InChI=1S/C13H20N2O6/c1-13(2,3)21-10(17)6-8(12(19)20)15-11(18)7-4-5-9(16)14-7/h7-8H,4-6H2,1-3H3,(H,14,16)(H,15,18)(H,19,20)/t7?,8-/m0/s1. The number of esters is 1. The van der Waals surface area contributed by atoms with Crippen LogP contribution in [0.3, 0.4) is 0 Å². The predicted octanol–water partition coefficient (Wildman–Crippen LogP) is -0.434. The van der Waals surface area contributed by atoms with Crippen molar-refractivity contribution in [3.8, 4) is 0 Å². The Kier molecular flexibility index (Phi) is 5.28. The largest absolute Gasteiger partial charge is 0.480 e. The summed E-state index contributed by atoms with van der Waals surface area (Å²) in [5, 5.41) is 13.7. The maximum Gasteiger partial charge on any atom is 0.326 e. The lowest BCUT2D eigenvalue weighted by Crippen LogP contribution is -2.49. The normalized spacial score (nSPS) is 19.6. The second-order valence-corrected chi connectivity index (χ2v) is 5.85. The smallest absolute Gasteiger partial charge is 0.326 e. The summed E-state index contributed by atoms with van der Waals surface area (Å²) < 4.78 is 5.02. The van der Waals surface area contributed by atoms with Crippen molar-refractivity contribution in [2.45, 2.75) is 57.7 Å². The van der Waals surface area contributed by atoms with Crippen molar-refractivity contribution in [3.05, 3.63) is 0 Å². The first kappa shape index (κ1) is 16.9. The fourth-order valence-electron chi connectivity index (χ4n) is 1.83. The summed E-state index contributed by atoms with van der Waals surface area (Å²) in [5.74, 6) is -2.92. The van der Waals surface area contributed by atoms with Gasteiger partial charge < -0.3 is 20.5 Å². The maximum atomic E-state index is 11.8. The Balaban J connectivity index is 2.57. The Morgan fingerprint density at radius 1 is 1.43 bits per heavy atom. The van der Waals surface area contributed by atoms with Crippen LogP contribution in [-0.2, 0) is 23.9 Å². The van der Waals surface area contributed by atoms with Crippen LogP contribution in [0.2, 0.25) is 0 Å². The molecule has 21 heavy (non-hydrogen) atoms. The topological polar surface area (TPSA) is 122 Å². The zero-order valence-electron chi connectivity index (χ0n) is 12.3. The van der Waals surface area contributed by atoms with Crippen LogP contribution in [0.4, 0.5) is 0 Å². The molecule has 0 radical (unpaired) electrons. The van der Waals surface area contributed by atoms with Gasteiger partial charge in [0.15, 0.2) is 0 Å². The molecule has 0 aromatic rings. The van der Waals surface area contributed by atoms with Crippen molar-refractivity contribution >= 4 is 23.8 Å². The minimum atomic E-state index is -1.38. The fourth-order valence-corrected chi connectivity index (χ4v) is 1.83. The first-order valence-corrected chi connectivity index (χ1v) is 6.63. The highest BCUT2D eigenvalue weighted by Gasteiger charge is 2.32. The molecule has 1 aliphatic rings. The van der Waals surface area contributed by atoms with E-state index in [0.717, 1.165) is 0 Å². The summed E-state index contributed by atoms with van der Waals surface area (Å²) in [4.78, 5) is 45.6. The van der Waals surface area contributed by atoms with Crippen molar-refractivity contribution in [1.29, 1.82) is 0 Å². The quantitative estimate of drug-likeness (QED) is 0.592. The third-order valence-electron chi connectivity index (χ3n) is 2.72. The first-order valence-electron chi connectivity index (χ1n) is 6.63. The van der Waals surface area contributed by atoms with Gasteiger partial charge in [-0.3, -0.25) is 14.4 Å². The van der Waals surface area contributed by atoms with Crippen molar-refractivity contribution in [3.63, 3.8) is 0 Å². The number of amides is 2. The van der Waals surface area contributed by atoms with Crippen LogP contribution in [0, 0.1) is 0 Å². The second-order valence-electron chi connectivity index (χ2n) is 5.85.